The second-order valence-electron chi connectivity index (χ2n) is 16.0. The predicted molar refractivity (Wildman–Crippen MR) is 196 cm³/mol. The van der Waals surface area contributed by atoms with E-state index in [1.807, 2.05) is 25.1 Å². The van der Waals surface area contributed by atoms with Crippen LogP contribution in [0.3, 0.4) is 0 Å². The van der Waals surface area contributed by atoms with E-state index in [0.29, 0.717) is 18.9 Å². The Labute approximate surface area is 297 Å². The summed E-state index contributed by atoms with van der Waals surface area (Å²) in [5.74, 6) is 0.496. The first kappa shape index (κ1) is 36.4. The number of carbonyl (C=O) groups excluding carboxylic acids is 2. The molecule has 11 heteroatoms. The van der Waals surface area contributed by atoms with E-state index in [1.54, 1.807) is 19.2 Å². The third-order valence-corrected chi connectivity index (χ3v) is 13.9. The summed E-state index contributed by atoms with van der Waals surface area (Å²) < 4.78 is 36.1. The quantitative estimate of drug-likeness (QED) is 0.213. The number of amides is 2. The number of aliphatic hydroxyl groups is 1. The van der Waals surface area contributed by atoms with Gasteiger partial charge in [-0.2, -0.15) is 12.7 Å². The van der Waals surface area contributed by atoms with Crippen molar-refractivity contribution in [1.82, 2.24) is 18.9 Å². The summed E-state index contributed by atoms with van der Waals surface area (Å²) in [7, 11) is 0.396. The second kappa shape index (κ2) is 13.3. The van der Waals surface area contributed by atoms with Crippen molar-refractivity contribution in [1.29, 1.82) is 0 Å². The topological polar surface area (TPSA) is 130 Å². The molecule has 2 aromatic carbocycles. The zero-order valence-electron chi connectivity index (χ0n) is 30.6. The molecule has 2 amide bonds. The molecule has 0 saturated heterocycles. The van der Waals surface area contributed by atoms with Gasteiger partial charge in [0.1, 0.15) is 5.75 Å². The van der Waals surface area contributed by atoms with Crippen molar-refractivity contribution in [3.63, 3.8) is 0 Å². The average Bonchev–Trinajstić information content (AvgIpc) is 3.74. The number of nitrogens with zero attached hydrogens (tertiary/aromatic N) is 2. The summed E-state index contributed by atoms with van der Waals surface area (Å²) in [4.78, 5) is 27.7. The Morgan fingerprint density at radius 2 is 1.66 bits per heavy atom. The molecular formula is C39H54N4O6S. The smallest absolute Gasteiger partial charge is 0.303 e. The highest BCUT2D eigenvalue weighted by atomic mass is 32.2. The van der Waals surface area contributed by atoms with Crippen molar-refractivity contribution >= 4 is 32.9 Å². The van der Waals surface area contributed by atoms with Crippen molar-refractivity contribution in [2.45, 2.75) is 110 Å². The van der Waals surface area contributed by atoms with E-state index < -0.39 is 27.1 Å². The molecule has 0 radical (unpaired) electrons. The average molecular weight is 707 g/mol. The van der Waals surface area contributed by atoms with Crippen molar-refractivity contribution in [3.05, 3.63) is 53.6 Å². The number of benzene rings is 2. The molecule has 50 heavy (non-hydrogen) atoms. The highest BCUT2D eigenvalue weighted by molar-refractivity contribution is 7.87. The van der Waals surface area contributed by atoms with Gasteiger partial charge in [0.15, 0.2) is 0 Å². The third kappa shape index (κ3) is 6.57. The molecule has 3 aromatic rings. The number of carbonyl (C=O) groups is 2. The maximum absolute atomic E-state index is 14.3. The van der Waals surface area contributed by atoms with Crippen LogP contribution in [-0.2, 0) is 21.5 Å². The Hall–Kier alpha value is -3.41. The van der Waals surface area contributed by atoms with E-state index in [9.17, 15) is 23.1 Å². The SMILES string of the molecule is COc1ccc(-c2c(C3CCCCC3)c3ccc(C(=O)NS(=O)(=O)N(C)C)cc3n2CC2(C(=O)N[C@@H](C)C3CCC(C)(O)C3(C)C)CC2)cc1. The number of hydrogen-bond acceptors (Lipinski definition) is 6. The lowest BCUT2D eigenvalue weighted by atomic mass is 9.71. The summed E-state index contributed by atoms with van der Waals surface area (Å²) in [6, 6.07) is 13.4. The fraction of sp³-hybridized carbons (Fsp3) is 0.590. The van der Waals surface area contributed by atoms with Gasteiger partial charge >= 0.3 is 10.2 Å². The Bertz CT molecular complexity index is 1870. The fourth-order valence-electron chi connectivity index (χ4n) is 8.58. The van der Waals surface area contributed by atoms with Gasteiger partial charge in [0.25, 0.3) is 5.91 Å². The molecule has 6 rings (SSSR count). The predicted octanol–water partition coefficient (Wildman–Crippen LogP) is 6.37. The van der Waals surface area contributed by atoms with Crippen LogP contribution in [0.4, 0.5) is 0 Å². The maximum Gasteiger partial charge on any atom is 0.303 e. The largest absolute Gasteiger partial charge is 0.497 e. The Balaban J connectivity index is 1.45. The number of ether oxygens (including phenoxy) is 1. The van der Waals surface area contributed by atoms with Crippen LogP contribution in [-0.4, -0.2) is 67.1 Å². The summed E-state index contributed by atoms with van der Waals surface area (Å²) >= 11 is 0. The van der Waals surface area contributed by atoms with Crippen LogP contribution >= 0.6 is 0 Å². The normalized spacial score (nSPS) is 23.9. The molecule has 3 saturated carbocycles. The Morgan fingerprint density at radius 3 is 2.22 bits per heavy atom. The number of aromatic nitrogens is 1. The molecule has 3 atom stereocenters. The number of hydrogen-bond donors (Lipinski definition) is 3. The van der Waals surface area contributed by atoms with Gasteiger partial charge in [-0.15, -0.1) is 0 Å². The van der Waals surface area contributed by atoms with Gasteiger partial charge in [0, 0.05) is 43.1 Å². The monoisotopic (exact) mass is 706 g/mol. The third-order valence-electron chi connectivity index (χ3n) is 12.5. The molecular weight excluding hydrogens is 653 g/mol. The number of methoxy groups -OCH3 is 1. The fourth-order valence-corrected chi connectivity index (χ4v) is 9.11. The lowest BCUT2D eigenvalue weighted by Crippen LogP contribution is -2.49. The number of nitrogens with one attached hydrogen (secondary N) is 2. The van der Waals surface area contributed by atoms with E-state index in [2.05, 4.69) is 47.5 Å². The minimum absolute atomic E-state index is 0.0139. The molecule has 272 valence electrons. The molecule has 3 fully saturated rings. The van der Waals surface area contributed by atoms with Gasteiger partial charge in [-0.05, 0) is 117 Å². The van der Waals surface area contributed by atoms with Crippen molar-refractivity contribution < 1.29 is 27.9 Å². The van der Waals surface area contributed by atoms with E-state index >= 15 is 0 Å². The van der Waals surface area contributed by atoms with E-state index in [1.165, 1.54) is 26.1 Å². The van der Waals surface area contributed by atoms with Gasteiger partial charge in [0.2, 0.25) is 5.91 Å². The molecule has 3 N–H and O–H groups in total. The van der Waals surface area contributed by atoms with Crippen LogP contribution in [0, 0.1) is 16.7 Å². The summed E-state index contributed by atoms with van der Waals surface area (Å²) in [5, 5.41) is 15.5. The van der Waals surface area contributed by atoms with E-state index in [0.717, 1.165) is 77.2 Å². The lowest BCUT2D eigenvalue weighted by Gasteiger charge is -2.40. The molecule has 1 aromatic heterocycles. The number of fused-ring (bicyclic) bond motifs is 1. The van der Waals surface area contributed by atoms with Crippen LogP contribution in [0.15, 0.2) is 42.5 Å². The van der Waals surface area contributed by atoms with Gasteiger partial charge in [-0.25, -0.2) is 4.72 Å². The van der Waals surface area contributed by atoms with Gasteiger partial charge in [0.05, 0.1) is 23.8 Å². The van der Waals surface area contributed by atoms with Gasteiger partial charge < -0.3 is 19.7 Å². The molecule has 3 aliphatic rings. The lowest BCUT2D eigenvalue weighted by molar-refractivity contribution is -0.128. The zero-order chi connectivity index (χ0) is 36.2. The van der Waals surface area contributed by atoms with Crippen LogP contribution in [0.25, 0.3) is 22.2 Å². The molecule has 3 aliphatic carbocycles. The van der Waals surface area contributed by atoms with Crippen molar-refractivity contribution in [2.24, 2.45) is 16.7 Å². The van der Waals surface area contributed by atoms with Crippen LogP contribution < -0.4 is 14.8 Å². The van der Waals surface area contributed by atoms with Gasteiger partial charge in [-0.3, -0.25) is 9.59 Å². The molecule has 0 aliphatic heterocycles. The second-order valence-corrected chi connectivity index (χ2v) is 17.9. The first-order chi connectivity index (χ1) is 23.5. The summed E-state index contributed by atoms with van der Waals surface area (Å²) in [6.07, 6.45) is 8.59. The van der Waals surface area contributed by atoms with Crippen molar-refractivity contribution in [3.8, 4) is 17.0 Å². The molecule has 1 heterocycles. The summed E-state index contributed by atoms with van der Waals surface area (Å²) in [5.41, 5.74) is 2.52. The molecule has 10 nitrogen and oxygen atoms in total. The van der Waals surface area contributed by atoms with E-state index in [-0.39, 0.29) is 28.8 Å². The molecule has 2 unspecified atom stereocenters. The van der Waals surface area contributed by atoms with Crippen molar-refractivity contribution in [2.75, 3.05) is 21.2 Å². The minimum atomic E-state index is -4.00. The standard InChI is InChI=1S/C39H54N4O6S/c1-25(31-19-20-38(4,46)37(31,2)3)40-36(45)39(21-22-39)24-43-32-23-28(35(44)41-50(47,48)42(5)6)15-18-30(32)33(26-11-9-8-10-12-26)34(43)27-13-16-29(49-7)17-14-27/h13-18,23,25-26,31,46H,8-12,19-22,24H2,1-7H3,(H,40,45)(H,41,44)/t25-,31?,38?/m0/s1. The minimum Gasteiger partial charge on any atom is -0.497 e. The van der Waals surface area contributed by atoms with Crippen LogP contribution in [0.1, 0.15) is 107 Å². The first-order valence-electron chi connectivity index (χ1n) is 18.1. The highest BCUT2D eigenvalue weighted by Crippen LogP contribution is 2.54. The summed E-state index contributed by atoms with van der Waals surface area (Å²) in [6.45, 7) is 8.57. The number of rotatable bonds is 11. The Morgan fingerprint density at radius 1 is 1.00 bits per heavy atom. The first-order valence-corrected chi connectivity index (χ1v) is 19.5. The van der Waals surface area contributed by atoms with Crippen LogP contribution in [0.2, 0.25) is 0 Å². The molecule has 0 spiro atoms. The molecule has 0 bridgehead atoms. The zero-order valence-corrected chi connectivity index (χ0v) is 31.5. The maximum atomic E-state index is 14.3. The van der Waals surface area contributed by atoms with E-state index in [4.69, 9.17) is 4.74 Å². The Kier molecular flexibility index (Phi) is 9.67. The van der Waals surface area contributed by atoms with Crippen LogP contribution in [0.5, 0.6) is 5.75 Å². The highest BCUT2D eigenvalue weighted by Gasteiger charge is 2.55. The van der Waals surface area contributed by atoms with Gasteiger partial charge in [-0.1, -0.05) is 39.2 Å².